The molecule has 304 valence electrons. The number of likely N-dealkylation sites (N-methyl/N-ethyl adjacent to an activating group) is 4. The number of nitrogens with two attached hydrogens (primary N) is 1. The first-order valence-corrected chi connectivity index (χ1v) is 19.2. The predicted molar refractivity (Wildman–Crippen MR) is 206 cm³/mol. The fourth-order valence-electron chi connectivity index (χ4n) is 6.98. The van der Waals surface area contributed by atoms with Crippen LogP contribution in [0, 0.1) is 41.4 Å². The van der Waals surface area contributed by atoms with E-state index in [2.05, 4.69) is 10.6 Å². The maximum Gasteiger partial charge on any atom is 0.245 e. The third kappa shape index (κ3) is 12.7. The minimum absolute atomic E-state index is 0.0216. The van der Waals surface area contributed by atoms with Crippen LogP contribution in [0.2, 0.25) is 0 Å². The van der Waals surface area contributed by atoms with Crippen molar-refractivity contribution in [3.63, 3.8) is 0 Å². The Morgan fingerprint density at radius 1 is 0.528 bits per heavy atom. The van der Waals surface area contributed by atoms with E-state index in [1.54, 1.807) is 27.9 Å². The summed E-state index contributed by atoms with van der Waals surface area (Å²) in [5.74, 6) is -3.01. The molecule has 4 N–H and O–H groups in total. The number of carbonyl (C=O) groups is 7. The molecular weight excluding hydrogens is 678 g/mol. The maximum absolute atomic E-state index is 14.2. The molecule has 1 saturated carbocycles. The Morgan fingerprint density at radius 3 is 1.36 bits per heavy atom. The minimum atomic E-state index is -1.00. The Balaban J connectivity index is 3.25. The first-order chi connectivity index (χ1) is 24.3. The Hall–Kier alpha value is -3.71. The number of hydrogen-bond acceptors (Lipinski definition) is 7. The van der Waals surface area contributed by atoms with E-state index in [1.807, 2.05) is 62.3 Å². The lowest BCUT2D eigenvalue weighted by Crippen LogP contribution is -2.60. The lowest BCUT2D eigenvalue weighted by Gasteiger charge is -2.36. The molecule has 0 aromatic heterocycles. The van der Waals surface area contributed by atoms with Crippen LogP contribution >= 0.6 is 0 Å². The first kappa shape index (κ1) is 47.3. The van der Waals surface area contributed by atoms with Gasteiger partial charge < -0.3 is 36.0 Å². The molecule has 0 saturated heterocycles. The summed E-state index contributed by atoms with van der Waals surface area (Å²) in [6, 6.07) is -5.57. The minimum Gasteiger partial charge on any atom is -0.368 e. The zero-order valence-electron chi connectivity index (χ0n) is 35.4. The van der Waals surface area contributed by atoms with Crippen LogP contribution in [0.15, 0.2) is 0 Å². The van der Waals surface area contributed by atoms with E-state index in [0.717, 1.165) is 0 Å². The third-order valence-electron chi connectivity index (χ3n) is 11.2. The molecule has 1 rings (SSSR count). The van der Waals surface area contributed by atoms with Crippen molar-refractivity contribution < 1.29 is 33.6 Å². The summed E-state index contributed by atoms with van der Waals surface area (Å²) in [6.45, 7) is 22.3. The summed E-state index contributed by atoms with van der Waals surface area (Å²) < 4.78 is 0. The number of hydrogen-bond donors (Lipinski definition) is 3. The first-order valence-electron chi connectivity index (χ1n) is 19.2. The molecule has 0 spiro atoms. The van der Waals surface area contributed by atoms with Crippen LogP contribution in [0.25, 0.3) is 0 Å². The SMILES string of the molecule is CC(C)C[C@@H](C)C(=O)N(C)[C@@H](C)C(=O)N(C)[C@@H](CC(C)C)C(=O)N[C@H](C(=O)N(C)[C@@H](C)C(=O)N(C)[C@H](C)C(=O)N[C@H](CC(C)C)C(N)=O)C1[C@@H](C)[C@@H]1C. The van der Waals surface area contributed by atoms with Crippen LogP contribution in [0.5, 0.6) is 0 Å². The van der Waals surface area contributed by atoms with E-state index < -0.39 is 71.7 Å². The molecule has 14 heteroatoms. The van der Waals surface area contributed by atoms with Crippen LogP contribution in [0.4, 0.5) is 0 Å². The largest absolute Gasteiger partial charge is 0.368 e. The highest BCUT2D eigenvalue weighted by atomic mass is 16.2. The normalized spacial score (nSPS) is 20.7. The van der Waals surface area contributed by atoms with E-state index >= 15 is 0 Å². The fraction of sp³-hybridized carbons (Fsp3) is 0.821. The molecule has 1 aliphatic carbocycles. The van der Waals surface area contributed by atoms with Crippen LogP contribution in [0.3, 0.4) is 0 Å². The maximum atomic E-state index is 14.2. The van der Waals surface area contributed by atoms with Gasteiger partial charge in [-0.15, -0.1) is 0 Å². The van der Waals surface area contributed by atoms with E-state index in [0.29, 0.717) is 25.2 Å². The number of nitrogens with one attached hydrogen (secondary N) is 2. The molecule has 0 aromatic carbocycles. The lowest BCUT2D eigenvalue weighted by atomic mass is 9.97. The molecule has 0 unspecified atom stereocenters. The highest BCUT2D eigenvalue weighted by molar-refractivity contribution is 5.97. The van der Waals surface area contributed by atoms with Gasteiger partial charge in [-0.3, -0.25) is 33.6 Å². The Morgan fingerprint density at radius 2 is 0.943 bits per heavy atom. The standard InChI is InChI=1S/C39H71N7O7/c1-20(2)17-23(7)36(50)44(14)28(12)38(52)46(16)30(19-22(5)6)35(49)42-32(31-24(8)25(31)9)39(53)45(15)27(11)37(51)43(13)26(10)34(48)41-29(33(40)47)18-21(3)4/h20-32H,17-19H2,1-16H3,(H2,40,47)(H,41,48)(H,42,49)/t23-,24+,25+,26-,27+,28+,29-,30+,32+/m1/s1. The van der Waals surface area contributed by atoms with Crippen molar-refractivity contribution in [3.8, 4) is 0 Å². The van der Waals surface area contributed by atoms with Crippen molar-refractivity contribution in [2.24, 2.45) is 47.2 Å². The summed E-state index contributed by atoms with van der Waals surface area (Å²) in [5.41, 5.74) is 5.49. The number of amides is 7. The topological polar surface area (TPSA) is 183 Å². The highest BCUT2D eigenvalue weighted by Crippen LogP contribution is 2.48. The van der Waals surface area contributed by atoms with Gasteiger partial charge in [-0.1, -0.05) is 62.3 Å². The molecule has 14 nitrogen and oxygen atoms in total. The molecule has 0 aliphatic heterocycles. The quantitative estimate of drug-likeness (QED) is 0.171. The second-order valence-electron chi connectivity index (χ2n) is 16.9. The van der Waals surface area contributed by atoms with Gasteiger partial charge in [0.05, 0.1) is 0 Å². The van der Waals surface area contributed by atoms with Crippen LogP contribution in [-0.2, 0) is 33.6 Å². The van der Waals surface area contributed by atoms with Crippen molar-refractivity contribution in [1.29, 1.82) is 0 Å². The zero-order valence-corrected chi connectivity index (χ0v) is 35.4. The lowest BCUT2D eigenvalue weighted by molar-refractivity contribution is -0.150. The van der Waals surface area contributed by atoms with Crippen molar-refractivity contribution >= 4 is 41.4 Å². The summed E-state index contributed by atoms with van der Waals surface area (Å²) >= 11 is 0. The van der Waals surface area contributed by atoms with Gasteiger partial charge in [0.1, 0.15) is 36.3 Å². The van der Waals surface area contributed by atoms with Gasteiger partial charge in [0.15, 0.2) is 0 Å². The van der Waals surface area contributed by atoms with Crippen molar-refractivity contribution in [1.82, 2.24) is 30.2 Å². The molecular formula is C39H71N7O7. The monoisotopic (exact) mass is 750 g/mol. The molecule has 0 bridgehead atoms. The average molecular weight is 750 g/mol. The van der Waals surface area contributed by atoms with Gasteiger partial charge in [0, 0.05) is 34.1 Å². The average Bonchev–Trinajstić information content (AvgIpc) is 3.68. The number of nitrogens with zero attached hydrogens (tertiary/aromatic N) is 4. The molecule has 53 heavy (non-hydrogen) atoms. The van der Waals surface area contributed by atoms with E-state index in [1.165, 1.54) is 40.6 Å². The van der Waals surface area contributed by atoms with Gasteiger partial charge in [0.25, 0.3) is 0 Å². The summed E-state index contributed by atoms with van der Waals surface area (Å²) in [6.07, 6.45) is 1.35. The third-order valence-corrected chi connectivity index (χ3v) is 11.2. The molecule has 0 radical (unpaired) electrons. The number of primary amides is 1. The van der Waals surface area contributed by atoms with Gasteiger partial charge in [0.2, 0.25) is 41.4 Å². The Kier molecular flexibility index (Phi) is 17.9. The van der Waals surface area contributed by atoms with Crippen molar-refractivity contribution in [3.05, 3.63) is 0 Å². The highest BCUT2D eigenvalue weighted by Gasteiger charge is 2.53. The number of rotatable bonds is 20. The van der Waals surface area contributed by atoms with Gasteiger partial charge in [-0.05, 0) is 75.5 Å². The fourth-order valence-corrected chi connectivity index (χ4v) is 6.98. The second kappa shape index (κ2) is 20.1. The van der Waals surface area contributed by atoms with Crippen LogP contribution in [-0.4, -0.2) is 125 Å². The summed E-state index contributed by atoms with van der Waals surface area (Å²) in [7, 11) is 6.09. The van der Waals surface area contributed by atoms with E-state index in [4.69, 9.17) is 5.73 Å². The predicted octanol–water partition coefficient (Wildman–Crippen LogP) is 2.49. The Labute approximate surface area is 318 Å². The summed E-state index contributed by atoms with van der Waals surface area (Å²) in [5, 5.41) is 5.60. The molecule has 9 atom stereocenters. The van der Waals surface area contributed by atoms with Crippen LogP contribution < -0.4 is 16.4 Å². The molecule has 0 aromatic rings. The molecule has 7 amide bonds. The Bertz CT molecular complexity index is 1310. The van der Waals surface area contributed by atoms with Gasteiger partial charge >= 0.3 is 0 Å². The van der Waals surface area contributed by atoms with Gasteiger partial charge in [-0.2, -0.15) is 0 Å². The van der Waals surface area contributed by atoms with Gasteiger partial charge in [-0.25, -0.2) is 0 Å². The number of carbonyl (C=O) groups excluding carboxylic acids is 7. The zero-order chi connectivity index (χ0) is 41.4. The summed E-state index contributed by atoms with van der Waals surface area (Å²) in [4.78, 5) is 99.2. The van der Waals surface area contributed by atoms with Crippen LogP contribution in [0.1, 0.15) is 102 Å². The smallest absolute Gasteiger partial charge is 0.245 e. The van der Waals surface area contributed by atoms with E-state index in [-0.39, 0.29) is 41.4 Å². The second-order valence-corrected chi connectivity index (χ2v) is 16.9. The molecule has 1 aliphatic rings. The van der Waals surface area contributed by atoms with Crippen molar-refractivity contribution in [2.75, 3.05) is 28.2 Å². The van der Waals surface area contributed by atoms with Crippen molar-refractivity contribution in [2.45, 2.75) is 139 Å². The molecule has 1 fully saturated rings. The van der Waals surface area contributed by atoms with E-state index in [9.17, 15) is 33.6 Å². The molecule has 0 heterocycles.